The van der Waals surface area contributed by atoms with E-state index < -0.39 is 68.6 Å². The average molecular weight is 625 g/mol. The van der Waals surface area contributed by atoms with E-state index in [0.29, 0.717) is 36.5 Å². The number of benzene rings is 1. The fraction of sp³-hybridized carbons (Fsp3) is 0.500. The van der Waals surface area contributed by atoms with Crippen molar-refractivity contribution in [3.05, 3.63) is 42.0 Å². The Balaban J connectivity index is 3.14. The number of nitrogens with one attached hydrogen (secondary N) is 1. The quantitative estimate of drug-likeness (QED) is 0.0622. The fourth-order valence-corrected chi connectivity index (χ4v) is 4.21. The molecule has 1 amide bonds. The minimum Gasteiger partial charge on any atom is -0.494 e. The number of hydrogen-bond donors (Lipinski definition) is 6. The number of carbonyl (C=O) groups excluding carboxylic acids is 1. The molecule has 16 nitrogen and oxygen atoms in total. The number of amides is 1. The summed E-state index contributed by atoms with van der Waals surface area (Å²) in [7, 11) is 0. The summed E-state index contributed by atoms with van der Waals surface area (Å²) in [5.74, 6) is -6.10. The van der Waals surface area contributed by atoms with Crippen molar-refractivity contribution in [2.24, 2.45) is 0 Å². The Morgan fingerprint density at radius 3 is 1.75 bits per heavy atom. The summed E-state index contributed by atoms with van der Waals surface area (Å²) in [5.41, 5.74) is 1.08. The number of hydrogen-bond acceptors (Lipinski definition) is 10. The summed E-state index contributed by atoms with van der Waals surface area (Å²) in [6.07, 6.45) is 0.685. The maximum absolute atomic E-state index is 11.8. The molecule has 0 aliphatic heterocycles. The number of ether oxygens (including phenoxy) is 1. The van der Waals surface area contributed by atoms with Gasteiger partial charge in [-0.15, -0.1) is 0 Å². The molecule has 0 aromatic heterocycles. The van der Waals surface area contributed by atoms with Crippen molar-refractivity contribution in [3.63, 3.8) is 0 Å². The Morgan fingerprint density at radius 2 is 1.27 bits per heavy atom. The van der Waals surface area contributed by atoms with E-state index in [0.717, 1.165) is 9.80 Å². The average Bonchev–Trinajstić information content (AvgIpc) is 2.89. The van der Waals surface area contributed by atoms with Crippen LogP contribution in [0.25, 0.3) is 0 Å². The highest BCUT2D eigenvalue weighted by Crippen LogP contribution is 2.17. The molecular weight excluding hydrogens is 584 g/mol. The van der Waals surface area contributed by atoms with E-state index in [2.05, 4.69) is 11.9 Å². The van der Waals surface area contributed by atoms with Gasteiger partial charge in [0.15, 0.2) is 0 Å². The number of carboxylic acid groups (broad SMARTS) is 5. The molecule has 44 heavy (non-hydrogen) atoms. The Hall–Kier alpha value is -4.54. The van der Waals surface area contributed by atoms with E-state index in [1.807, 2.05) is 0 Å². The van der Waals surface area contributed by atoms with Gasteiger partial charge in [-0.2, -0.15) is 0 Å². The van der Waals surface area contributed by atoms with Gasteiger partial charge in [-0.1, -0.05) is 18.7 Å². The van der Waals surface area contributed by atoms with Crippen LogP contribution in [0.3, 0.4) is 0 Å². The molecule has 1 aromatic rings. The van der Waals surface area contributed by atoms with E-state index in [9.17, 15) is 44.1 Å². The summed E-state index contributed by atoms with van der Waals surface area (Å²) in [6, 6.07) is 6.01. The molecular formula is C28H40N4O12. The molecule has 0 bridgehead atoms. The van der Waals surface area contributed by atoms with Crippen molar-refractivity contribution >= 4 is 35.8 Å². The molecule has 1 atom stereocenters. The number of aliphatic carboxylic acids is 5. The van der Waals surface area contributed by atoms with Crippen molar-refractivity contribution in [2.45, 2.75) is 25.8 Å². The second kappa shape index (κ2) is 19.6. The zero-order valence-corrected chi connectivity index (χ0v) is 24.5. The highest BCUT2D eigenvalue weighted by Gasteiger charge is 2.27. The fourth-order valence-electron chi connectivity index (χ4n) is 4.21. The second-order valence-corrected chi connectivity index (χ2v) is 10.1. The van der Waals surface area contributed by atoms with Crippen LogP contribution >= 0.6 is 0 Å². The van der Waals surface area contributed by atoms with Crippen LogP contribution in [0.5, 0.6) is 5.75 Å². The van der Waals surface area contributed by atoms with Crippen molar-refractivity contribution in [2.75, 3.05) is 65.5 Å². The molecule has 0 saturated heterocycles. The van der Waals surface area contributed by atoms with Gasteiger partial charge in [-0.25, -0.2) is 0 Å². The molecule has 16 heteroatoms. The molecule has 6 N–H and O–H groups in total. The van der Waals surface area contributed by atoms with Gasteiger partial charge in [0, 0.05) is 37.8 Å². The summed E-state index contributed by atoms with van der Waals surface area (Å²) >= 11 is 0. The van der Waals surface area contributed by atoms with Gasteiger partial charge in [0.25, 0.3) is 0 Å². The van der Waals surface area contributed by atoms with Crippen molar-refractivity contribution in [3.8, 4) is 5.75 Å². The monoisotopic (exact) mass is 624 g/mol. The Kier molecular flexibility index (Phi) is 16.7. The third-order valence-electron chi connectivity index (χ3n) is 6.12. The molecule has 0 aliphatic rings. The number of nitrogens with zero attached hydrogens (tertiary/aromatic N) is 3. The first kappa shape index (κ1) is 37.5. The van der Waals surface area contributed by atoms with E-state index in [4.69, 9.17) is 14.9 Å². The van der Waals surface area contributed by atoms with Gasteiger partial charge in [0.05, 0.1) is 39.3 Å². The predicted molar refractivity (Wildman–Crippen MR) is 155 cm³/mol. The van der Waals surface area contributed by atoms with Crippen LogP contribution in [-0.4, -0.2) is 148 Å². The van der Waals surface area contributed by atoms with Gasteiger partial charge in [-0.05, 0) is 37.5 Å². The van der Waals surface area contributed by atoms with Crippen LogP contribution in [0.2, 0.25) is 0 Å². The number of carbonyl (C=O) groups is 6. The molecule has 0 heterocycles. The second-order valence-electron chi connectivity index (χ2n) is 10.1. The molecule has 1 rings (SSSR count). The van der Waals surface area contributed by atoms with Crippen LogP contribution in [-0.2, 0) is 35.2 Å². The Morgan fingerprint density at radius 1 is 0.773 bits per heavy atom. The van der Waals surface area contributed by atoms with Gasteiger partial charge in [0.2, 0.25) is 5.91 Å². The standard InChI is InChI=1S/C28H40N4O12/c1-19(2)28(43)29-8-3-11-44-22-6-4-20(5-7-22)12-21(13-31(16-25(37)38)17-26(39)40)32(18-27(41)42)10-9-30(14-23(33)34)15-24(35)36/h4-7,21H,1,3,8-18H2,2H3,(H,29,43)(H,33,34)(H,35,36)(H,37,38)(H,39,40)(H,41,42). The van der Waals surface area contributed by atoms with E-state index in [1.165, 1.54) is 4.90 Å². The van der Waals surface area contributed by atoms with Crippen LogP contribution in [0.4, 0.5) is 0 Å². The minimum atomic E-state index is -1.29. The lowest BCUT2D eigenvalue weighted by Crippen LogP contribution is -2.51. The largest absolute Gasteiger partial charge is 0.494 e. The molecule has 0 fully saturated rings. The third kappa shape index (κ3) is 16.8. The lowest BCUT2D eigenvalue weighted by atomic mass is 10.0. The van der Waals surface area contributed by atoms with E-state index >= 15 is 0 Å². The topological polar surface area (TPSA) is 235 Å². The first-order valence-corrected chi connectivity index (χ1v) is 13.6. The lowest BCUT2D eigenvalue weighted by molar-refractivity contribution is -0.143. The first-order chi connectivity index (χ1) is 20.7. The normalized spacial score (nSPS) is 11.7. The zero-order chi connectivity index (χ0) is 33.2. The van der Waals surface area contributed by atoms with Crippen LogP contribution in [0.1, 0.15) is 18.9 Å². The SMILES string of the molecule is C=C(C)C(=O)NCCCOc1ccc(CC(CN(CC(=O)O)CC(=O)O)N(CCN(CC(=O)O)CC(=O)O)CC(=O)O)cc1. The Labute approximate surface area is 254 Å². The van der Waals surface area contributed by atoms with Gasteiger partial charge in [-0.3, -0.25) is 43.5 Å². The highest BCUT2D eigenvalue weighted by molar-refractivity contribution is 5.92. The molecule has 1 unspecified atom stereocenters. The van der Waals surface area contributed by atoms with Crippen molar-refractivity contribution < 1.29 is 59.0 Å². The molecule has 244 valence electrons. The van der Waals surface area contributed by atoms with Crippen LogP contribution < -0.4 is 10.1 Å². The number of carboxylic acids is 5. The van der Waals surface area contributed by atoms with Gasteiger partial charge in [0.1, 0.15) is 5.75 Å². The van der Waals surface area contributed by atoms with Crippen molar-refractivity contribution in [1.82, 2.24) is 20.0 Å². The number of rotatable bonds is 24. The highest BCUT2D eigenvalue weighted by atomic mass is 16.5. The zero-order valence-electron chi connectivity index (χ0n) is 24.5. The maximum atomic E-state index is 11.8. The minimum absolute atomic E-state index is 0.103. The lowest BCUT2D eigenvalue weighted by Gasteiger charge is -2.35. The van der Waals surface area contributed by atoms with Gasteiger partial charge >= 0.3 is 29.8 Å². The van der Waals surface area contributed by atoms with Crippen molar-refractivity contribution in [1.29, 1.82) is 0 Å². The summed E-state index contributed by atoms with van der Waals surface area (Å²) < 4.78 is 5.69. The molecule has 1 aromatic carbocycles. The summed E-state index contributed by atoms with van der Waals surface area (Å²) in [4.78, 5) is 72.3. The molecule has 0 radical (unpaired) electrons. The maximum Gasteiger partial charge on any atom is 0.317 e. The summed E-state index contributed by atoms with van der Waals surface area (Å²) in [5, 5.41) is 49.2. The van der Waals surface area contributed by atoms with Crippen LogP contribution in [0.15, 0.2) is 36.4 Å². The van der Waals surface area contributed by atoms with E-state index in [1.54, 1.807) is 31.2 Å². The first-order valence-electron chi connectivity index (χ1n) is 13.6. The predicted octanol–water partition coefficient (Wildman–Crippen LogP) is -0.612. The molecule has 0 saturated carbocycles. The third-order valence-corrected chi connectivity index (χ3v) is 6.12. The molecule has 0 spiro atoms. The molecule has 0 aliphatic carbocycles. The summed E-state index contributed by atoms with van der Waals surface area (Å²) in [6.45, 7) is 2.42. The smallest absolute Gasteiger partial charge is 0.317 e. The van der Waals surface area contributed by atoms with Gasteiger partial charge < -0.3 is 35.6 Å². The van der Waals surface area contributed by atoms with Crippen LogP contribution in [0, 0.1) is 0 Å². The van der Waals surface area contributed by atoms with E-state index in [-0.39, 0.29) is 32.0 Å². The Bertz CT molecular complexity index is 1130.